The molecule has 4 heteroatoms. The predicted molar refractivity (Wildman–Crippen MR) is 68.9 cm³/mol. The number of halogens is 1. The highest BCUT2D eigenvalue weighted by Crippen LogP contribution is 2.36. The van der Waals surface area contributed by atoms with Gasteiger partial charge in [0.15, 0.2) is 6.29 Å². The molecule has 0 saturated heterocycles. The van der Waals surface area contributed by atoms with Gasteiger partial charge in [0.1, 0.15) is 11.6 Å². The molecule has 0 spiro atoms. The monoisotopic (exact) mass is 262 g/mol. The SMILES string of the molecule is COc1ccccc1Sc1cccc(F)c1C=O. The molecule has 2 rings (SSSR count). The van der Waals surface area contributed by atoms with Crippen molar-refractivity contribution < 1.29 is 13.9 Å². The van der Waals surface area contributed by atoms with Crippen molar-refractivity contribution in [1.82, 2.24) is 0 Å². The molecule has 0 aliphatic carbocycles. The lowest BCUT2D eigenvalue weighted by Gasteiger charge is -2.09. The van der Waals surface area contributed by atoms with Crippen molar-refractivity contribution in [3.05, 3.63) is 53.8 Å². The van der Waals surface area contributed by atoms with E-state index < -0.39 is 5.82 Å². The van der Waals surface area contributed by atoms with Gasteiger partial charge in [-0.25, -0.2) is 4.39 Å². The number of hydrogen-bond acceptors (Lipinski definition) is 3. The standard InChI is InChI=1S/C14H11FO2S/c1-17-12-6-2-3-7-14(12)18-13-8-4-5-11(15)10(13)9-16/h2-9H,1H3. The molecule has 0 aliphatic rings. The number of carbonyl (C=O) groups excluding carboxylic acids is 1. The molecule has 0 fully saturated rings. The summed E-state index contributed by atoms with van der Waals surface area (Å²) in [5.41, 5.74) is 0.0772. The Morgan fingerprint density at radius 1 is 1.11 bits per heavy atom. The van der Waals surface area contributed by atoms with E-state index in [4.69, 9.17) is 4.74 Å². The van der Waals surface area contributed by atoms with Crippen LogP contribution in [0.25, 0.3) is 0 Å². The Morgan fingerprint density at radius 3 is 2.56 bits per heavy atom. The minimum atomic E-state index is -0.509. The van der Waals surface area contributed by atoms with E-state index >= 15 is 0 Å². The van der Waals surface area contributed by atoms with Crippen LogP contribution in [0, 0.1) is 5.82 Å². The zero-order chi connectivity index (χ0) is 13.0. The summed E-state index contributed by atoms with van der Waals surface area (Å²) in [6.45, 7) is 0. The Balaban J connectivity index is 2.40. The van der Waals surface area contributed by atoms with Crippen LogP contribution in [0.3, 0.4) is 0 Å². The summed E-state index contributed by atoms with van der Waals surface area (Å²) >= 11 is 1.31. The first kappa shape index (κ1) is 12.6. The molecular weight excluding hydrogens is 251 g/mol. The number of carbonyl (C=O) groups is 1. The first-order valence-electron chi connectivity index (χ1n) is 5.31. The third-order valence-electron chi connectivity index (χ3n) is 2.42. The molecule has 0 N–H and O–H groups in total. The van der Waals surface area contributed by atoms with Gasteiger partial charge >= 0.3 is 0 Å². The lowest BCUT2D eigenvalue weighted by molar-refractivity contribution is 0.111. The maximum absolute atomic E-state index is 13.5. The van der Waals surface area contributed by atoms with Crippen molar-refractivity contribution in [2.45, 2.75) is 9.79 Å². The van der Waals surface area contributed by atoms with Crippen LogP contribution in [0.15, 0.2) is 52.3 Å². The third-order valence-corrected chi connectivity index (χ3v) is 3.55. The molecule has 0 saturated carbocycles. The van der Waals surface area contributed by atoms with Gasteiger partial charge in [-0.3, -0.25) is 4.79 Å². The fourth-order valence-corrected chi connectivity index (χ4v) is 2.58. The summed E-state index contributed by atoms with van der Waals surface area (Å²) in [4.78, 5) is 12.3. The molecular formula is C14H11FO2S. The highest BCUT2D eigenvalue weighted by Gasteiger charge is 2.11. The van der Waals surface area contributed by atoms with E-state index in [0.717, 1.165) is 4.90 Å². The number of aldehydes is 1. The predicted octanol–water partition coefficient (Wildman–Crippen LogP) is 3.80. The normalized spacial score (nSPS) is 10.1. The Labute approximate surface area is 109 Å². The quantitative estimate of drug-likeness (QED) is 0.784. The van der Waals surface area contributed by atoms with Crippen molar-refractivity contribution >= 4 is 18.0 Å². The number of methoxy groups -OCH3 is 1. The molecule has 0 amide bonds. The van der Waals surface area contributed by atoms with Crippen molar-refractivity contribution in [3.63, 3.8) is 0 Å². The summed E-state index contributed by atoms with van der Waals surface area (Å²) in [5.74, 6) is 0.188. The van der Waals surface area contributed by atoms with E-state index in [1.807, 2.05) is 24.3 Å². The van der Waals surface area contributed by atoms with Gasteiger partial charge in [-0.2, -0.15) is 0 Å². The van der Waals surface area contributed by atoms with Crippen LogP contribution in [0.1, 0.15) is 10.4 Å². The van der Waals surface area contributed by atoms with E-state index in [0.29, 0.717) is 16.9 Å². The van der Waals surface area contributed by atoms with Crippen molar-refractivity contribution in [1.29, 1.82) is 0 Å². The second-order valence-electron chi connectivity index (χ2n) is 3.52. The van der Waals surface area contributed by atoms with Crippen molar-refractivity contribution in [2.24, 2.45) is 0 Å². The zero-order valence-corrected chi connectivity index (χ0v) is 10.5. The molecule has 0 atom stereocenters. The van der Waals surface area contributed by atoms with Gasteiger partial charge in [0, 0.05) is 4.90 Å². The van der Waals surface area contributed by atoms with E-state index in [2.05, 4.69) is 0 Å². The van der Waals surface area contributed by atoms with Crippen molar-refractivity contribution in [3.8, 4) is 5.75 Å². The lowest BCUT2D eigenvalue weighted by Crippen LogP contribution is -1.91. The molecule has 18 heavy (non-hydrogen) atoms. The molecule has 0 heterocycles. The minimum absolute atomic E-state index is 0.0772. The molecule has 2 aromatic rings. The van der Waals surface area contributed by atoms with E-state index in [1.54, 1.807) is 19.2 Å². The fraction of sp³-hybridized carbons (Fsp3) is 0.0714. The van der Waals surface area contributed by atoms with Gasteiger partial charge < -0.3 is 4.74 Å². The number of ether oxygens (including phenoxy) is 1. The van der Waals surface area contributed by atoms with Gasteiger partial charge in [-0.05, 0) is 24.3 Å². The van der Waals surface area contributed by atoms with Gasteiger partial charge in [0.25, 0.3) is 0 Å². The van der Waals surface area contributed by atoms with Crippen LogP contribution in [0.5, 0.6) is 5.75 Å². The third kappa shape index (κ3) is 2.54. The Kier molecular flexibility index (Phi) is 3.99. The van der Waals surface area contributed by atoms with Crippen LogP contribution in [-0.2, 0) is 0 Å². The number of para-hydroxylation sites is 1. The molecule has 0 radical (unpaired) electrons. The Hall–Kier alpha value is -1.81. The second-order valence-corrected chi connectivity index (χ2v) is 4.61. The van der Waals surface area contributed by atoms with E-state index in [9.17, 15) is 9.18 Å². The number of benzene rings is 2. The van der Waals surface area contributed by atoms with Crippen LogP contribution in [0.2, 0.25) is 0 Å². The first-order chi connectivity index (χ1) is 8.76. The maximum Gasteiger partial charge on any atom is 0.154 e. The van der Waals surface area contributed by atoms with E-state index in [1.165, 1.54) is 17.8 Å². The molecule has 0 aromatic heterocycles. The molecule has 2 aromatic carbocycles. The molecule has 92 valence electrons. The van der Waals surface area contributed by atoms with Gasteiger partial charge in [0.2, 0.25) is 0 Å². The first-order valence-corrected chi connectivity index (χ1v) is 6.12. The average Bonchev–Trinajstić information content (AvgIpc) is 2.40. The maximum atomic E-state index is 13.5. The smallest absolute Gasteiger partial charge is 0.154 e. The fourth-order valence-electron chi connectivity index (χ4n) is 1.54. The zero-order valence-electron chi connectivity index (χ0n) is 9.72. The van der Waals surface area contributed by atoms with Crippen LogP contribution >= 0.6 is 11.8 Å². The molecule has 0 unspecified atom stereocenters. The number of hydrogen-bond donors (Lipinski definition) is 0. The van der Waals surface area contributed by atoms with Gasteiger partial charge in [-0.15, -0.1) is 0 Å². The summed E-state index contributed by atoms with van der Waals surface area (Å²) in [6, 6.07) is 12.0. The minimum Gasteiger partial charge on any atom is -0.496 e. The van der Waals surface area contributed by atoms with Crippen LogP contribution in [0.4, 0.5) is 4.39 Å². The Morgan fingerprint density at radius 2 is 1.83 bits per heavy atom. The summed E-state index contributed by atoms with van der Waals surface area (Å²) in [5, 5.41) is 0. The lowest BCUT2D eigenvalue weighted by atomic mass is 10.2. The molecule has 2 nitrogen and oxygen atoms in total. The van der Waals surface area contributed by atoms with Crippen molar-refractivity contribution in [2.75, 3.05) is 7.11 Å². The summed E-state index contributed by atoms with van der Waals surface area (Å²) in [6.07, 6.45) is 0.535. The van der Waals surface area contributed by atoms with Gasteiger partial charge in [0.05, 0.1) is 17.6 Å². The number of rotatable bonds is 4. The molecule has 0 bridgehead atoms. The second kappa shape index (κ2) is 5.69. The van der Waals surface area contributed by atoms with E-state index in [-0.39, 0.29) is 5.56 Å². The van der Waals surface area contributed by atoms with Crippen LogP contribution in [-0.4, -0.2) is 13.4 Å². The average molecular weight is 262 g/mol. The van der Waals surface area contributed by atoms with Crippen LogP contribution < -0.4 is 4.74 Å². The topological polar surface area (TPSA) is 26.3 Å². The summed E-state index contributed by atoms with van der Waals surface area (Å²) < 4.78 is 18.7. The highest BCUT2D eigenvalue weighted by molar-refractivity contribution is 7.99. The highest BCUT2D eigenvalue weighted by atomic mass is 32.2. The van der Waals surface area contributed by atoms with Gasteiger partial charge in [-0.1, -0.05) is 30.0 Å². The molecule has 0 aliphatic heterocycles. The summed E-state index contributed by atoms with van der Waals surface area (Å²) in [7, 11) is 1.58. The largest absolute Gasteiger partial charge is 0.496 e. The Bertz CT molecular complexity index is 569.